The van der Waals surface area contributed by atoms with Crippen molar-refractivity contribution in [1.82, 2.24) is 4.57 Å². The van der Waals surface area contributed by atoms with E-state index in [-0.39, 0.29) is 5.41 Å². The maximum atomic E-state index is 2.50. The number of benzene rings is 6. The summed E-state index contributed by atoms with van der Waals surface area (Å²) in [5.41, 5.74) is 13.9. The monoisotopic (exact) mass is 618 g/mol. The molecule has 7 aromatic rings. The van der Waals surface area contributed by atoms with Crippen LogP contribution in [0.15, 0.2) is 164 Å². The van der Waals surface area contributed by atoms with Crippen LogP contribution in [0.5, 0.6) is 0 Å². The predicted octanol–water partition coefficient (Wildman–Crippen LogP) is 12.1. The molecular weight excluding hydrogens is 581 g/mol. The van der Waals surface area contributed by atoms with Crippen LogP contribution >= 0.6 is 0 Å². The zero-order valence-electron chi connectivity index (χ0n) is 27.6. The molecule has 1 aliphatic heterocycles. The third-order valence-corrected chi connectivity index (χ3v) is 10.2. The van der Waals surface area contributed by atoms with Crippen molar-refractivity contribution in [3.8, 4) is 27.9 Å². The highest BCUT2D eigenvalue weighted by Gasteiger charge is 2.37. The summed E-state index contributed by atoms with van der Waals surface area (Å²) < 4.78 is 2.39. The molecule has 2 heterocycles. The summed E-state index contributed by atoms with van der Waals surface area (Å²) in [7, 11) is 0. The average Bonchev–Trinajstić information content (AvgIpc) is 3.64. The summed E-state index contributed by atoms with van der Waals surface area (Å²) >= 11 is 0. The van der Waals surface area contributed by atoms with Gasteiger partial charge in [-0.1, -0.05) is 142 Å². The van der Waals surface area contributed by atoms with Crippen molar-refractivity contribution >= 4 is 33.2 Å². The maximum absolute atomic E-state index is 2.50. The Morgan fingerprint density at radius 3 is 1.67 bits per heavy atom. The van der Waals surface area contributed by atoms with Gasteiger partial charge in [-0.05, 0) is 81.3 Å². The van der Waals surface area contributed by atoms with Gasteiger partial charge in [0.1, 0.15) is 0 Å². The van der Waals surface area contributed by atoms with Crippen LogP contribution in [-0.2, 0) is 5.41 Å². The molecule has 2 unspecified atom stereocenters. The third-order valence-electron chi connectivity index (χ3n) is 10.2. The Labute approximate surface area is 282 Å². The molecule has 0 N–H and O–H groups in total. The second-order valence-corrected chi connectivity index (χ2v) is 14.2. The lowest BCUT2D eigenvalue weighted by Gasteiger charge is -2.29. The van der Waals surface area contributed by atoms with E-state index in [0.717, 1.165) is 0 Å². The number of fused-ring (bicyclic) bond motifs is 6. The summed E-state index contributed by atoms with van der Waals surface area (Å²) in [6.07, 6.45) is 9.05. The van der Waals surface area contributed by atoms with Crippen LogP contribution in [0.25, 0.3) is 49.7 Å². The van der Waals surface area contributed by atoms with Crippen LogP contribution in [0.1, 0.15) is 37.8 Å². The number of allylic oxidation sites excluding steroid dienone is 2. The topological polar surface area (TPSA) is 8.17 Å². The fourth-order valence-electron chi connectivity index (χ4n) is 8.22. The van der Waals surface area contributed by atoms with Gasteiger partial charge in [0.05, 0.1) is 17.1 Å². The zero-order chi connectivity index (χ0) is 32.4. The molecule has 0 amide bonds. The Hall–Kier alpha value is -5.60. The van der Waals surface area contributed by atoms with Gasteiger partial charge in [-0.25, -0.2) is 0 Å². The van der Waals surface area contributed by atoms with Crippen molar-refractivity contribution in [1.29, 1.82) is 0 Å². The molecule has 0 saturated carbocycles. The van der Waals surface area contributed by atoms with Crippen LogP contribution in [-0.4, -0.2) is 10.6 Å². The fourth-order valence-corrected chi connectivity index (χ4v) is 8.22. The Morgan fingerprint density at radius 1 is 0.500 bits per heavy atom. The van der Waals surface area contributed by atoms with Gasteiger partial charge >= 0.3 is 0 Å². The van der Waals surface area contributed by atoms with E-state index in [1.54, 1.807) is 0 Å². The first-order valence-corrected chi connectivity index (χ1v) is 17.0. The largest absolute Gasteiger partial charge is 0.333 e. The molecule has 232 valence electrons. The molecule has 2 heteroatoms. The summed E-state index contributed by atoms with van der Waals surface area (Å²) in [6, 6.07) is 51.7. The van der Waals surface area contributed by atoms with Crippen LogP contribution in [0, 0.1) is 0 Å². The smallest absolute Gasteiger partial charge is 0.0629 e. The first-order chi connectivity index (χ1) is 23.5. The minimum atomic E-state index is -0.0591. The normalized spacial score (nSPS) is 16.9. The lowest BCUT2D eigenvalue weighted by Crippen LogP contribution is -2.28. The van der Waals surface area contributed by atoms with E-state index in [2.05, 4.69) is 194 Å². The van der Waals surface area contributed by atoms with Gasteiger partial charge in [-0.2, -0.15) is 0 Å². The van der Waals surface area contributed by atoms with Crippen LogP contribution < -0.4 is 4.90 Å². The summed E-state index contributed by atoms with van der Waals surface area (Å²) in [5.74, 6) is 0.386. The van der Waals surface area contributed by atoms with Crippen molar-refractivity contribution in [2.75, 3.05) is 4.90 Å². The number of hydrogen-bond acceptors (Lipinski definition) is 1. The number of aromatic nitrogens is 1. The van der Waals surface area contributed by atoms with Crippen molar-refractivity contribution in [3.63, 3.8) is 0 Å². The number of anilines is 2. The number of nitrogens with zero attached hydrogens (tertiary/aromatic N) is 2. The third kappa shape index (κ3) is 4.47. The maximum Gasteiger partial charge on any atom is 0.0629 e. The molecule has 2 nitrogen and oxygen atoms in total. The highest BCUT2D eigenvalue weighted by atomic mass is 15.2. The van der Waals surface area contributed by atoms with Crippen molar-refractivity contribution in [2.45, 2.75) is 38.1 Å². The van der Waals surface area contributed by atoms with Gasteiger partial charge in [-0.15, -0.1) is 0 Å². The van der Waals surface area contributed by atoms with Gasteiger partial charge in [0, 0.05) is 33.8 Å². The van der Waals surface area contributed by atoms with Gasteiger partial charge in [-0.3, -0.25) is 0 Å². The Bertz CT molecular complexity index is 2330. The quantitative estimate of drug-likeness (QED) is 0.190. The molecule has 0 saturated heterocycles. The zero-order valence-corrected chi connectivity index (χ0v) is 27.6. The molecule has 9 rings (SSSR count). The van der Waals surface area contributed by atoms with Gasteiger partial charge in [0.25, 0.3) is 0 Å². The van der Waals surface area contributed by atoms with E-state index in [4.69, 9.17) is 0 Å². The Morgan fingerprint density at radius 2 is 1.04 bits per heavy atom. The highest BCUT2D eigenvalue weighted by molar-refractivity contribution is 6.09. The molecule has 2 aliphatic rings. The van der Waals surface area contributed by atoms with E-state index >= 15 is 0 Å². The molecule has 1 aromatic heterocycles. The van der Waals surface area contributed by atoms with E-state index in [9.17, 15) is 0 Å². The average molecular weight is 619 g/mol. The fraction of sp³-hybridized carbons (Fsp3) is 0.130. The van der Waals surface area contributed by atoms with Crippen molar-refractivity contribution < 1.29 is 0 Å². The second kappa shape index (κ2) is 11.0. The minimum absolute atomic E-state index is 0.0591. The summed E-state index contributed by atoms with van der Waals surface area (Å²) in [4.78, 5) is 2.50. The molecule has 0 radical (unpaired) electrons. The Balaban J connectivity index is 1.10. The second-order valence-electron chi connectivity index (χ2n) is 14.2. The summed E-state index contributed by atoms with van der Waals surface area (Å²) in [5, 5.41) is 2.57. The lowest BCUT2D eigenvalue weighted by molar-refractivity contribution is 0.593. The number of rotatable bonds is 4. The first-order valence-electron chi connectivity index (χ1n) is 17.0. The van der Waals surface area contributed by atoms with E-state index < -0.39 is 0 Å². The molecule has 2 atom stereocenters. The lowest BCUT2D eigenvalue weighted by atomic mass is 9.77. The molecule has 0 fully saturated rings. The molecule has 0 spiro atoms. The van der Waals surface area contributed by atoms with E-state index in [0.29, 0.717) is 12.0 Å². The van der Waals surface area contributed by atoms with Gasteiger partial charge in [0.2, 0.25) is 0 Å². The van der Waals surface area contributed by atoms with Crippen LogP contribution in [0.4, 0.5) is 11.4 Å². The number of hydrogen-bond donors (Lipinski definition) is 0. The molecule has 0 bridgehead atoms. The van der Waals surface area contributed by atoms with Crippen molar-refractivity contribution in [2.24, 2.45) is 0 Å². The minimum Gasteiger partial charge on any atom is -0.333 e. The SMILES string of the molecule is CC(C)(C)c1c(-c2ccc(N3c4ccccc4C4C=CC=CC43)cc2)cccc1-c1ccc(-n2c3ccccc3c3ccccc32)cc1. The summed E-state index contributed by atoms with van der Waals surface area (Å²) in [6.45, 7) is 7.00. The molecule has 1 aliphatic carbocycles. The van der Waals surface area contributed by atoms with Gasteiger partial charge in [0.15, 0.2) is 0 Å². The van der Waals surface area contributed by atoms with E-state index in [1.165, 1.54) is 72.2 Å². The standard InChI is InChI=1S/C46H38N2/c1-46(2,3)45-35(31-23-27-33(28-24-31)47-41-19-8-4-13-37(41)38-14-5-9-20-42(38)47)17-12-18-36(45)32-25-29-34(30-26-32)48-43-21-10-6-15-39(43)40-16-7-11-22-44(40)48/h4-30,37,41H,1-3H3. The van der Waals surface area contributed by atoms with Crippen LogP contribution in [0.2, 0.25) is 0 Å². The van der Waals surface area contributed by atoms with Crippen molar-refractivity contribution in [3.05, 3.63) is 175 Å². The number of para-hydroxylation sites is 3. The first kappa shape index (κ1) is 28.6. The highest BCUT2D eigenvalue weighted by Crippen LogP contribution is 2.48. The molecule has 48 heavy (non-hydrogen) atoms. The van der Waals surface area contributed by atoms with Crippen LogP contribution in [0.3, 0.4) is 0 Å². The van der Waals surface area contributed by atoms with E-state index in [1.807, 2.05) is 0 Å². The van der Waals surface area contributed by atoms with Gasteiger partial charge < -0.3 is 9.47 Å². The molecule has 6 aromatic carbocycles. The Kier molecular flexibility index (Phi) is 6.55. The molecular formula is C46H38N2. The predicted molar refractivity (Wildman–Crippen MR) is 204 cm³/mol.